The fraction of sp³-hybridized carbons (Fsp3) is 0.188. The van der Waals surface area contributed by atoms with Crippen LogP contribution in [-0.2, 0) is 0 Å². The standard InChI is InChI=1S/C16H14ClFO2/c1-9-4-5-11(7-15(9)20-3)16(19)12-6-10(2)14(18)8-13(12)17/h4-8H,1-3H3. The molecule has 0 aliphatic heterocycles. The topological polar surface area (TPSA) is 26.3 Å². The van der Waals surface area contributed by atoms with Crippen LogP contribution in [-0.4, -0.2) is 12.9 Å². The Labute approximate surface area is 122 Å². The molecule has 4 heteroatoms. The van der Waals surface area contributed by atoms with E-state index in [2.05, 4.69) is 0 Å². The number of ether oxygens (including phenoxy) is 1. The minimum Gasteiger partial charge on any atom is -0.496 e. The molecule has 0 heterocycles. The van der Waals surface area contributed by atoms with E-state index in [9.17, 15) is 9.18 Å². The Morgan fingerprint density at radius 3 is 2.50 bits per heavy atom. The van der Waals surface area contributed by atoms with Crippen molar-refractivity contribution >= 4 is 17.4 Å². The van der Waals surface area contributed by atoms with E-state index in [0.717, 1.165) is 11.6 Å². The average molecular weight is 293 g/mol. The van der Waals surface area contributed by atoms with Crippen molar-refractivity contribution in [1.82, 2.24) is 0 Å². The third kappa shape index (κ3) is 2.68. The number of methoxy groups -OCH3 is 1. The second-order valence-corrected chi connectivity index (χ2v) is 5.00. The van der Waals surface area contributed by atoms with Crippen LogP contribution in [0.25, 0.3) is 0 Å². The molecular formula is C16H14ClFO2. The van der Waals surface area contributed by atoms with Gasteiger partial charge in [0.1, 0.15) is 11.6 Å². The third-order valence-corrected chi connectivity index (χ3v) is 3.48. The maximum Gasteiger partial charge on any atom is 0.194 e. The van der Waals surface area contributed by atoms with Gasteiger partial charge < -0.3 is 4.74 Å². The lowest BCUT2D eigenvalue weighted by atomic mass is 10.00. The summed E-state index contributed by atoms with van der Waals surface area (Å²) in [7, 11) is 1.55. The third-order valence-electron chi connectivity index (χ3n) is 3.16. The highest BCUT2D eigenvalue weighted by atomic mass is 35.5. The molecule has 0 unspecified atom stereocenters. The van der Waals surface area contributed by atoms with Crippen LogP contribution in [0.1, 0.15) is 27.0 Å². The lowest BCUT2D eigenvalue weighted by Crippen LogP contribution is -2.04. The first kappa shape index (κ1) is 14.5. The summed E-state index contributed by atoms with van der Waals surface area (Å²) in [6.07, 6.45) is 0. The second-order valence-electron chi connectivity index (χ2n) is 4.59. The summed E-state index contributed by atoms with van der Waals surface area (Å²) < 4.78 is 18.6. The molecule has 0 radical (unpaired) electrons. The second kappa shape index (κ2) is 5.63. The van der Waals surface area contributed by atoms with Crippen molar-refractivity contribution < 1.29 is 13.9 Å². The molecule has 0 aliphatic rings. The molecule has 0 spiro atoms. The Morgan fingerprint density at radius 2 is 1.85 bits per heavy atom. The fourth-order valence-corrected chi connectivity index (χ4v) is 2.18. The lowest BCUT2D eigenvalue weighted by Gasteiger charge is -2.09. The van der Waals surface area contributed by atoms with Crippen LogP contribution in [0.15, 0.2) is 30.3 Å². The van der Waals surface area contributed by atoms with E-state index in [1.807, 2.05) is 6.92 Å². The smallest absolute Gasteiger partial charge is 0.194 e. The van der Waals surface area contributed by atoms with Crippen molar-refractivity contribution in [3.63, 3.8) is 0 Å². The highest BCUT2D eigenvalue weighted by Gasteiger charge is 2.16. The van der Waals surface area contributed by atoms with Crippen molar-refractivity contribution in [1.29, 1.82) is 0 Å². The van der Waals surface area contributed by atoms with E-state index < -0.39 is 5.82 Å². The first-order chi connectivity index (χ1) is 9.43. The minimum atomic E-state index is -0.423. The zero-order chi connectivity index (χ0) is 14.9. The van der Waals surface area contributed by atoms with Crippen LogP contribution in [0.4, 0.5) is 4.39 Å². The first-order valence-corrected chi connectivity index (χ1v) is 6.47. The van der Waals surface area contributed by atoms with E-state index >= 15 is 0 Å². The zero-order valence-electron chi connectivity index (χ0n) is 11.5. The van der Waals surface area contributed by atoms with Gasteiger partial charge in [-0.25, -0.2) is 4.39 Å². The van der Waals surface area contributed by atoms with Crippen LogP contribution in [0.3, 0.4) is 0 Å². The summed E-state index contributed by atoms with van der Waals surface area (Å²) in [6, 6.07) is 7.79. The predicted molar refractivity (Wildman–Crippen MR) is 77.3 cm³/mol. The normalized spacial score (nSPS) is 10.4. The largest absolute Gasteiger partial charge is 0.496 e. The summed E-state index contributed by atoms with van der Waals surface area (Å²) >= 11 is 5.96. The molecule has 20 heavy (non-hydrogen) atoms. The highest BCUT2D eigenvalue weighted by molar-refractivity contribution is 6.35. The van der Waals surface area contributed by atoms with Gasteiger partial charge in [-0.2, -0.15) is 0 Å². The maximum atomic E-state index is 13.4. The van der Waals surface area contributed by atoms with Gasteiger partial charge in [-0.1, -0.05) is 23.7 Å². The summed E-state index contributed by atoms with van der Waals surface area (Å²) in [4.78, 5) is 12.4. The van der Waals surface area contributed by atoms with E-state index in [1.54, 1.807) is 32.2 Å². The average Bonchev–Trinajstić information content (AvgIpc) is 2.42. The number of aryl methyl sites for hydroxylation is 2. The lowest BCUT2D eigenvalue weighted by molar-refractivity contribution is 0.103. The van der Waals surface area contributed by atoms with Gasteiger partial charge in [0.25, 0.3) is 0 Å². The summed E-state index contributed by atoms with van der Waals surface area (Å²) in [6.45, 7) is 3.49. The fourth-order valence-electron chi connectivity index (χ4n) is 1.95. The molecule has 2 nitrogen and oxygen atoms in total. The molecule has 2 rings (SSSR count). The molecule has 0 aromatic heterocycles. The molecule has 0 saturated heterocycles. The SMILES string of the molecule is COc1cc(C(=O)c2cc(C)c(F)cc2Cl)ccc1C. The van der Waals surface area contributed by atoms with Gasteiger partial charge in [0, 0.05) is 11.1 Å². The van der Waals surface area contributed by atoms with Gasteiger partial charge >= 0.3 is 0 Å². The van der Waals surface area contributed by atoms with Crippen LogP contribution < -0.4 is 4.74 Å². The summed E-state index contributed by atoms with van der Waals surface area (Å²) in [5.74, 6) is -0.0461. The van der Waals surface area contributed by atoms with Crippen molar-refractivity contribution in [3.8, 4) is 5.75 Å². The summed E-state index contributed by atoms with van der Waals surface area (Å²) in [5, 5.41) is 0.109. The number of benzene rings is 2. The first-order valence-electron chi connectivity index (χ1n) is 6.09. The molecule has 0 N–H and O–H groups in total. The molecule has 0 saturated carbocycles. The molecule has 2 aromatic carbocycles. The summed E-state index contributed by atoms with van der Waals surface area (Å²) in [5.41, 5.74) is 2.07. The molecule has 0 aliphatic carbocycles. The van der Waals surface area contributed by atoms with Crippen LogP contribution >= 0.6 is 11.6 Å². The van der Waals surface area contributed by atoms with Crippen LogP contribution in [0, 0.1) is 19.7 Å². The molecule has 0 atom stereocenters. The zero-order valence-corrected chi connectivity index (χ0v) is 12.2. The Hall–Kier alpha value is -1.87. The number of hydrogen-bond acceptors (Lipinski definition) is 2. The van der Waals surface area contributed by atoms with Gasteiger partial charge in [-0.15, -0.1) is 0 Å². The number of ketones is 1. The quantitative estimate of drug-likeness (QED) is 0.787. The molecular weight excluding hydrogens is 279 g/mol. The number of carbonyl (C=O) groups is 1. The van der Waals surface area contributed by atoms with E-state index in [1.165, 1.54) is 6.07 Å². The molecule has 0 amide bonds. The van der Waals surface area contributed by atoms with Crippen molar-refractivity contribution in [2.24, 2.45) is 0 Å². The predicted octanol–water partition coefficient (Wildman–Crippen LogP) is 4.34. The van der Waals surface area contributed by atoms with E-state index in [-0.39, 0.29) is 16.4 Å². The van der Waals surface area contributed by atoms with Gasteiger partial charge in [0.15, 0.2) is 5.78 Å². The van der Waals surface area contributed by atoms with Crippen molar-refractivity contribution in [2.45, 2.75) is 13.8 Å². The van der Waals surface area contributed by atoms with Gasteiger partial charge in [0.2, 0.25) is 0 Å². The molecule has 0 fully saturated rings. The van der Waals surface area contributed by atoms with Crippen LogP contribution in [0.5, 0.6) is 5.75 Å². The van der Waals surface area contributed by atoms with Gasteiger partial charge in [0.05, 0.1) is 12.1 Å². The Morgan fingerprint density at radius 1 is 1.15 bits per heavy atom. The maximum absolute atomic E-state index is 13.4. The molecule has 0 bridgehead atoms. The minimum absolute atomic E-state index is 0.109. The van der Waals surface area contributed by atoms with Crippen molar-refractivity contribution in [3.05, 3.63) is 63.4 Å². The number of halogens is 2. The number of carbonyl (C=O) groups excluding carboxylic acids is 1. The number of hydrogen-bond donors (Lipinski definition) is 0. The van der Waals surface area contributed by atoms with Gasteiger partial charge in [-0.3, -0.25) is 4.79 Å². The molecule has 104 valence electrons. The van der Waals surface area contributed by atoms with Crippen molar-refractivity contribution in [2.75, 3.05) is 7.11 Å². The monoisotopic (exact) mass is 292 g/mol. The Kier molecular flexibility index (Phi) is 4.09. The van der Waals surface area contributed by atoms with E-state index in [0.29, 0.717) is 16.9 Å². The van der Waals surface area contributed by atoms with Crippen LogP contribution in [0.2, 0.25) is 5.02 Å². The highest BCUT2D eigenvalue weighted by Crippen LogP contribution is 2.26. The number of rotatable bonds is 3. The van der Waals surface area contributed by atoms with Gasteiger partial charge in [-0.05, 0) is 43.2 Å². The molecule has 2 aromatic rings. The van der Waals surface area contributed by atoms with E-state index in [4.69, 9.17) is 16.3 Å². The Balaban J connectivity index is 2.49. The Bertz CT molecular complexity index is 680.